The highest BCUT2D eigenvalue weighted by Crippen LogP contribution is 2.21. The van der Waals surface area contributed by atoms with Crippen LogP contribution in [-0.4, -0.2) is 18.4 Å². The molecule has 1 aliphatic heterocycles. The van der Waals surface area contributed by atoms with Crippen molar-refractivity contribution in [3.05, 3.63) is 59.7 Å². The van der Waals surface area contributed by atoms with Crippen LogP contribution in [-0.2, 0) is 11.3 Å². The molecule has 3 N–H and O–H groups in total. The number of nitrogens with two attached hydrogens (primary N) is 1. The summed E-state index contributed by atoms with van der Waals surface area (Å²) in [4.78, 5) is 18.2. The molecular weight excluding hydrogens is 439 g/mol. The molecule has 0 spiro atoms. The van der Waals surface area contributed by atoms with E-state index in [2.05, 4.69) is 10.3 Å². The molecule has 0 aliphatic carbocycles. The molecule has 6 heteroatoms. The summed E-state index contributed by atoms with van der Waals surface area (Å²) in [5, 5.41) is 3.08. The third-order valence-corrected chi connectivity index (χ3v) is 4.33. The maximum Gasteiger partial charge on any atom is 0.226 e. The molecule has 138 valence electrons. The number of guanidine groups is 1. The predicted octanol–water partition coefficient (Wildman–Crippen LogP) is 4.06. The van der Waals surface area contributed by atoms with Crippen molar-refractivity contribution < 1.29 is 4.79 Å². The minimum Gasteiger partial charge on any atom is -0.370 e. The van der Waals surface area contributed by atoms with Crippen molar-refractivity contribution in [2.45, 2.75) is 32.7 Å². The van der Waals surface area contributed by atoms with Crippen LogP contribution in [0.25, 0.3) is 0 Å². The molecule has 1 saturated heterocycles. The first-order valence-electron chi connectivity index (χ1n) is 8.65. The summed E-state index contributed by atoms with van der Waals surface area (Å²) >= 11 is 0. The molecule has 2 aromatic rings. The third-order valence-electron chi connectivity index (χ3n) is 4.33. The first kappa shape index (κ1) is 20.2. The summed E-state index contributed by atoms with van der Waals surface area (Å²) < 4.78 is 0. The lowest BCUT2D eigenvalue weighted by molar-refractivity contribution is -0.119. The molecule has 0 saturated carbocycles. The van der Waals surface area contributed by atoms with Gasteiger partial charge in [0.05, 0.1) is 6.54 Å². The second kappa shape index (κ2) is 9.56. The maximum atomic E-state index is 12.0. The van der Waals surface area contributed by atoms with E-state index in [4.69, 9.17) is 5.73 Å². The summed E-state index contributed by atoms with van der Waals surface area (Å²) in [6.07, 6.45) is 2.71. The Bertz CT molecular complexity index is 756. The number of anilines is 2. The number of amides is 1. The molecule has 1 amide bonds. The van der Waals surface area contributed by atoms with E-state index in [-0.39, 0.29) is 29.9 Å². The Morgan fingerprint density at radius 3 is 2.46 bits per heavy atom. The van der Waals surface area contributed by atoms with Gasteiger partial charge in [0.1, 0.15) is 0 Å². The number of carbonyl (C=O) groups is 1. The van der Waals surface area contributed by atoms with Crippen molar-refractivity contribution in [2.75, 3.05) is 16.8 Å². The zero-order valence-electron chi connectivity index (χ0n) is 14.9. The number of carbonyl (C=O) groups excluding carboxylic acids is 1. The molecule has 0 atom stereocenters. The van der Waals surface area contributed by atoms with Gasteiger partial charge in [-0.05, 0) is 49.6 Å². The zero-order chi connectivity index (χ0) is 17.6. The number of aliphatic imine (C=N–C) groups is 1. The number of benzene rings is 2. The summed E-state index contributed by atoms with van der Waals surface area (Å²) in [7, 11) is 0. The Morgan fingerprint density at radius 2 is 1.81 bits per heavy atom. The van der Waals surface area contributed by atoms with Gasteiger partial charge in [-0.1, -0.05) is 29.8 Å². The van der Waals surface area contributed by atoms with Gasteiger partial charge in [0.2, 0.25) is 5.91 Å². The van der Waals surface area contributed by atoms with E-state index >= 15 is 0 Å². The van der Waals surface area contributed by atoms with Gasteiger partial charge in [-0.25, -0.2) is 4.99 Å². The molecule has 5 nitrogen and oxygen atoms in total. The SMILES string of the molecule is Cc1ccc(NC(N)=NCc2ccc(N3CCCCC3=O)cc2)cc1.I. The molecule has 0 aromatic heterocycles. The number of hydrogen-bond donors (Lipinski definition) is 2. The first-order valence-corrected chi connectivity index (χ1v) is 8.65. The fraction of sp³-hybridized carbons (Fsp3) is 0.300. The molecule has 1 aliphatic rings. The molecular formula is C20H25IN4O. The van der Waals surface area contributed by atoms with E-state index in [0.717, 1.165) is 36.3 Å². The van der Waals surface area contributed by atoms with Crippen molar-refractivity contribution in [3.63, 3.8) is 0 Å². The molecule has 0 radical (unpaired) electrons. The molecule has 0 unspecified atom stereocenters. The average Bonchev–Trinajstić information content (AvgIpc) is 2.63. The fourth-order valence-corrected chi connectivity index (χ4v) is 2.86. The molecule has 2 aromatic carbocycles. The Labute approximate surface area is 171 Å². The number of aryl methyl sites for hydroxylation is 1. The van der Waals surface area contributed by atoms with Gasteiger partial charge >= 0.3 is 0 Å². The second-order valence-corrected chi connectivity index (χ2v) is 6.36. The number of rotatable bonds is 4. The van der Waals surface area contributed by atoms with Crippen molar-refractivity contribution in [1.82, 2.24) is 0 Å². The van der Waals surface area contributed by atoms with Crippen molar-refractivity contribution >= 4 is 47.2 Å². The van der Waals surface area contributed by atoms with Crippen molar-refractivity contribution in [2.24, 2.45) is 10.7 Å². The van der Waals surface area contributed by atoms with E-state index in [1.54, 1.807) is 0 Å². The Kier molecular flexibility index (Phi) is 7.44. The van der Waals surface area contributed by atoms with E-state index < -0.39 is 0 Å². The quantitative estimate of drug-likeness (QED) is 0.408. The number of nitrogens with zero attached hydrogens (tertiary/aromatic N) is 2. The lowest BCUT2D eigenvalue weighted by Crippen LogP contribution is -2.35. The van der Waals surface area contributed by atoms with E-state index in [1.165, 1.54) is 5.56 Å². The molecule has 1 heterocycles. The minimum absolute atomic E-state index is 0. The van der Waals surface area contributed by atoms with Crippen LogP contribution in [0.3, 0.4) is 0 Å². The van der Waals surface area contributed by atoms with Crippen LogP contribution in [0.15, 0.2) is 53.5 Å². The molecule has 0 bridgehead atoms. The topological polar surface area (TPSA) is 70.7 Å². The minimum atomic E-state index is 0. The van der Waals surface area contributed by atoms with Crippen LogP contribution in [0, 0.1) is 6.92 Å². The number of piperidine rings is 1. The van der Waals surface area contributed by atoms with Crippen LogP contribution in [0.4, 0.5) is 11.4 Å². The smallest absolute Gasteiger partial charge is 0.226 e. The highest BCUT2D eigenvalue weighted by atomic mass is 127. The standard InChI is InChI=1S/C20H24N4O.HI/c1-15-5-9-17(10-6-15)23-20(21)22-14-16-7-11-18(12-8-16)24-13-3-2-4-19(24)25;/h5-12H,2-4,13-14H2,1H3,(H3,21,22,23);1H. The molecule has 1 fully saturated rings. The monoisotopic (exact) mass is 464 g/mol. The highest BCUT2D eigenvalue weighted by molar-refractivity contribution is 14.0. The van der Waals surface area contributed by atoms with Gasteiger partial charge in [0, 0.05) is 24.3 Å². The van der Waals surface area contributed by atoms with Crippen LogP contribution < -0.4 is 16.0 Å². The average molecular weight is 464 g/mol. The lowest BCUT2D eigenvalue weighted by Gasteiger charge is -2.26. The first-order chi connectivity index (χ1) is 12.1. The Morgan fingerprint density at radius 1 is 1.12 bits per heavy atom. The normalized spacial score (nSPS) is 14.7. The van der Waals surface area contributed by atoms with Gasteiger partial charge in [0.15, 0.2) is 5.96 Å². The summed E-state index contributed by atoms with van der Waals surface area (Å²) in [5.74, 6) is 0.600. The van der Waals surface area contributed by atoms with E-state index in [0.29, 0.717) is 18.9 Å². The van der Waals surface area contributed by atoms with Crippen LogP contribution in [0.5, 0.6) is 0 Å². The Balaban J connectivity index is 0.00000243. The van der Waals surface area contributed by atoms with Crippen molar-refractivity contribution in [1.29, 1.82) is 0 Å². The van der Waals surface area contributed by atoms with E-state index in [1.807, 2.05) is 60.4 Å². The van der Waals surface area contributed by atoms with Gasteiger partial charge in [0.25, 0.3) is 0 Å². The summed E-state index contributed by atoms with van der Waals surface area (Å²) in [5.41, 5.74) is 10.1. The van der Waals surface area contributed by atoms with E-state index in [9.17, 15) is 4.79 Å². The molecule has 26 heavy (non-hydrogen) atoms. The number of halogens is 1. The van der Waals surface area contributed by atoms with Crippen LogP contribution >= 0.6 is 24.0 Å². The highest BCUT2D eigenvalue weighted by Gasteiger charge is 2.19. The summed E-state index contributed by atoms with van der Waals surface area (Å²) in [6, 6.07) is 16.0. The van der Waals surface area contributed by atoms with Crippen LogP contribution in [0.1, 0.15) is 30.4 Å². The zero-order valence-corrected chi connectivity index (χ0v) is 17.3. The summed E-state index contributed by atoms with van der Waals surface area (Å²) in [6.45, 7) is 3.35. The number of nitrogens with one attached hydrogen (secondary N) is 1. The third kappa shape index (κ3) is 5.45. The maximum absolute atomic E-state index is 12.0. The predicted molar refractivity (Wildman–Crippen MR) is 118 cm³/mol. The molecule has 3 rings (SSSR count). The largest absolute Gasteiger partial charge is 0.370 e. The second-order valence-electron chi connectivity index (χ2n) is 6.36. The Hall–Kier alpha value is -2.09. The van der Waals surface area contributed by atoms with Crippen molar-refractivity contribution in [3.8, 4) is 0 Å². The number of hydrogen-bond acceptors (Lipinski definition) is 2. The van der Waals surface area contributed by atoms with Gasteiger partial charge < -0.3 is 16.0 Å². The van der Waals surface area contributed by atoms with Gasteiger partial charge in [-0.3, -0.25) is 4.79 Å². The van der Waals surface area contributed by atoms with Gasteiger partial charge in [-0.15, -0.1) is 24.0 Å². The van der Waals surface area contributed by atoms with Gasteiger partial charge in [-0.2, -0.15) is 0 Å². The lowest BCUT2D eigenvalue weighted by atomic mass is 10.1. The fourth-order valence-electron chi connectivity index (χ4n) is 2.86. The van der Waals surface area contributed by atoms with Crippen LogP contribution in [0.2, 0.25) is 0 Å².